The highest BCUT2D eigenvalue weighted by Crippen LogP contribution is 2.18. The number of rotatable bonds is 7. The highest BCUT2D eigenvalue weighted by molar-refractivity contribution is 6.32. The van der Waals surface area contributed by atoms with Gasteiger partial charge in [0.05, 0.1) is 11.9 Å². The molecule has 0 bridgehead atoms. The van der Waals surface area contributed by atoms with Crippen molar-refractivity contribution in [1.82, 2.24) is 15.1 Å². The van der Waals surface area contributed by atoms with Crippen LogP contribution in [0, 0.1) is 5.92 Å². The van der Waals surface area contributed by atoms with Crippen LogP contribution in [0.25, 0.3) is 0 Å². The monoisotopic (exact) mass is 312 g/mol. The van der Waals surface area contributed by atoms with Crippen molar-refractivity contribution < 1.29 is 0 Å². The molecule has 0 spiro atoms. The second kappa shape index (κ2) is 8.39. The van der Waals surface area contributed by atoms with E-state index in [2.05, 4.69) is 22.7 Å². The van der Waals surface area contributed by atoms with Gasteiger partial charge in [0.1, 0.15) is 5.02 Å². The van der Waals surface area contributed by atoms with Gasteiger partial charge in [0.15, 0.2) is 0 Å². The van der Waals surface area contributed by atoms with Crippen molar-refractivity contribution in [3.63, 3.8) is 0 Å². The van der Waals surface area contributed by atoms with E-state index in [0.717, 1.165) is 38.9 Å². The van der Waals surface area contributed by atoms with Crippen LogP contribution in [0.5, 0.6) is 0 Å². The van der Waals surface area contributed by atoms with Gasteiger partial charge in [-0.05, 0) is 44.7 Å². The van der Waals surface area contributed by atoms with Crippen LogP contribution in [0.4, 0.5) is 5.69 Å². The molecular weight excluding hydrogens is 288 g/mol. The summed E-state index contributed by atoms with van der Waals surface area (Å²) in [6.45, 7) is 5.76. The SMILES string of the molecule is CCCCn1ncc(NCCC2CCCNC2)c(Cl)c1=O. The molecule has 0 radical (unpaired) electrons. The molecule has 6 heteroatoms. The first-order valence-corrected chi connectivity index (χ1v) is 8.30. The molecule has 1 atom stereocenters. The quantitative estimate of drug-likeness (QED) is 0.812. The van der Waals surface area contributed by atoms with Gasteiger partial charge < -0.3 is 10.6 Å². The largest absolute Gasteiger partial charge is 0.382 e. The Morgan fingerprint density at radius 3 is 3.14 bits per heavy atom. The third-order valence-electron chi connectivity index (χ3n) is 3.98. The number of aryl methyl sites for hydroxylation is 1. The van der Waals surface area contributed by atoms with E-state index in [1.54, 1.807) is 6.20 Å². The van der Waals surface area contributed by atoms with E-state index in [9.17, 15) is 4.79 Å². The summed E-state index contributed by atoms with van der Waals surface area (Å²) in [4.78, 5) is 12.1. The van der Waals surface area contributed by atoms with Crippen LogP contribution >= 0.6 is 11.6 Å². The van der Waals surface area contributed by atoms with Crippen LogP contribution in [-0.4, -0.2) is 29.4 Å². The Labute approximate surface area is 131 Å². The third kappa shape index (κ3) is 4.71. The molecule has 1 saturated heterocycles. The number of piperidine rings is 1. The molecule has 2 heterocycles. The van der Waals surface area contributed by atoms with Gasteiger partial charge in [-0.2, -0.15) is 5.10 Å². The summed E-state index contributed by atoms with van der Waals surface area (Å²) in [7, 11) is 0. The molecule has 2 rings (SSSR count). The van der Waals surface area contributed by atoms with Gasteiger partial charge in [-0.15, -0.1) is 0 Å². The Balaban J connectivity index is 1.88. The Morgan fingerprint density at radius 1 is 1.57 bits per heavy atom. The van der Waals surface area contributed by atoms with E-state index >= 15 is 0 Å². The minimum absolute atomic E-state index is 0.200. The molecule has 118 valence electrons. The number of aromatic nitrogens is 2. The van der Waals surface area contributed by atoms with Gasteiger partial charge >= 0.3 is 0 Å². The van der Waals surface area contributed by atoms with Gasteiger partial charge in [0.25, 0.3) is 5.56 Å². The smallest absolute Gasteiger partial charge is 0.287 e. The van der Waals surface area contributed by atoms with E-state index in [1.807, 2.05) is 0 Å². The lowest BCUT2D eigenvalue weighted by Gasteiger charge is -2.22. The topological polar surface area (TPSA) is 59.0 Å². The first kappa shape index (κ1) is 16.3. The molecule has 5 nitrogen and oxygen atoms in total. The Hall–Kier alpha value is -1.07. The van der Waals surface area contributed by atoms with Crippen molar-refractivity contribution >= 4 is 17.3 Å². The van der Waals surface area contributed by atoms with Crippen molar-refractivity contribution in [2.45, 2.75) is 45.6 Å². The Bertz CT molecular complexity index is 497. The van der Waals surface area contributed by atoms with Crippen LogP contribution in [0.15, 0.2) is 11.0 Å². The van der Waals surface area contributed by atoms with Gasteiger partial charge in [0.2, 0.25) is 0 Å². The lowest BCUT2D eigenvalue weighted by atomic mass is 9.96. The van der Waals surface area contributed by atoms with Gasteiger partial charge in [-0.3, -0.25) is 4.79 Å². The number of nitrogens with zero attached hydrogens (tertiary/aromatic N) is 2. The maximum Gasteiger partial charge on any atom is 0.287 e. The number of anilines is 1. The molecule has 1 aromatic rings. The minimum atomic E-state index is -0.200. The van der Waals surface area contributed by atoms with Crippen molar-refractivity contribution in [2.75, 3.05) is 25.0 Å². The standard InChI is InChI=1S/C15H25ClN4O/c1-2-3-9-20-15(21)14(16)13(11-19-20)18-8-6-12-5-4-7-17-10-12/h11-12,17-18H,2-10H2,1H3. The number of halogens is 1. The van der Waals surface area contributed by atoms with Crippen molar-refractivity contribution in [2.24, 2.45) is 5.92 Å². The summed E-state index contributed by atoms with van der Waals surface area (Å²) in [5, 5.41) is 11.1. The Morgan fingerprint density at radius 2 is 2.43 bits per heavy atom. The normalized spacial score (nSPS) is 18.7. The van der Waals surface area contributed by atoms with Crippen LogP contribution < -0.4 is 16.2 Å². The molecule has 1 aliphatic rings. The molecule has 2 N–H and O–H groups in total. The van der Waals surface area contributed by atoms with Crippen molar-refractivity contribution in [3.8, 4) is 0 Å². The first-order chi connectivity index (χ1) is 10.2. The average molecular weight is 313 g/mol. The molecule has 0 aromatic carbocycles. The van der Waals surface area contributed by atoms with E-state index in [1.165, 1.54) is 17.5 Å². The molecule has 1 aliphatic heterocycles. The lowest BCUT2D eigenvalue weighted by Crippen LogP contribution is -2.31. The predicted octanol–water partition coefficient (Wildman–Crippen LogP) is 2.50. The van der Waals surface area contributed by atoms with Crippen LogP contribution in [0.2, 0.25) is 5.02 Å². The summed E-state index contributed by atoms with van der Waals surface area (Å²) in [5.74, 6) is 0.711. The summed E-state index contributed by atoms with van der Waals surface area (Å²) in [6.07, 6.45) is 7.24. The van der Waals surface area contributed by atoms with Crippen molar-refractivity contribution in [3.05, 3.63) is 21.6 Å². The summed E-state index contributed by atoms with van der Waals surface area (Å²) < 4.78 is 1.45. The first-order valence-electron chi connectivity index (χ1n) is 7.92. The van der Waals surface area contributed by atoms with E-state index in [4.69, 9.17) is 11.6 Å². The van der Waals surface area contributed by atoms with E-state index < -0.39 is 0 Å². The number of unbranched alkanes of at least 4 members (excludes halogenated alkanes) is 1. The summed E-state index contributed by atoms with van der Waals surface area (Å²) in [6, 6.07) is 0. The number of nitrogens with one attached hydrogen (secondary N) is 2. The molecular formula is C15H25ClN4O. The highest BCUT2D eigenvalue weighted by atomic mass is 35.5. The van der Waals surface area contributed by atoms with Crippen LogP contribution in [0.1, 0.15) is 39.0 Å². The fraction of sp³-hybridized carbons (Fsp3) is 0.733. The molecule has 21 heavy (non-hydrogen) atoms. The van der Waals surface area contributed by atoms with Gasteiger partial charge in [-0.1, -0.05) is 24.9 Å². The van der Waals surface area contributed by atoms with Crippen LogP contribution in [-0.2, 0) is 6.54 Å². The predicted molar refractivity (Wildman–Crippen MR) is 87.1 cm³/mol. The molecule has 0 aliphatic carbocycles. The van der Waals surface area contributed by atoms with Gasteiger partial charge in [0, 0.05) is 13.1 Å². The molecule has 0 saturated carbocycles. The second-order valence-corrected chi connectivity index (χ2v) is 6.06. The van der Waals surface area contributed by atoms with Gasteiger partial charge in [-0.25, -0.2) is 4.68 Å². The van der Waals surface area contributed by atoms with E-state index in [0.29, 0.717) is 18.2 Å². The zero-order valence-corrected chi connectivity index (χ0v) is 13.5. The fourth-order valence-corrected chi connectivity index (χ4v) is 2.85. The zero-order valence-electron chi connectivity index (χ0n) is 12.7. The van der Waals surface area contributed by atoms with Crippen molar-refractivity contribution in [1.29, 1.82) is 0 Å². The van der Waals surface area contributed by atoms with Crippen LogP contribution in [0.3, 0.4) is 0 Å². The molecule has 1 unspecified atom stereocenters. The maximum atomic E-state index is 12.1. The number of hydrogen-bond acceptors (Lipinski definition) is 4. The summed E-state index contributed by atoms with van der Waals surface area (Å²) in [5.41, 5.74) is 0.452. The summed E-state index contributed by atoms with van der Waals surface area (Å²) >= 11 is 6.15. The Kier molecular flexibility index (Phi) is 6.51. The minimum Gasteiger partial charge on any atom is -0.382 e. The van der Waals surface area contributed by atoms with E-state index in [-0.39, 0.29) is 10.6 Å². The maximum absolute atomic E-state index is 12.1. The molecule has 1 fully saturated rings. The molecule has 1 aromatic heterocycles. The molecule has 0 amide bonds. The highest BCUT2D eigenvalue weighted by Gasteiger charge is 2.13. The zero-order chi connectivity index (χ0) is 15.1. The average Bonchev–Trinajstić information content (AvgIpc) is 2.52. The third-order valence-corrected chi connectivity index (χ3v) is 4.34. The lowest BCUT2D eigenvalue weighted by molar-refractivity contribution is 0.364. The number of hydrogen-bond donors (Lipinski definition) is 2. The fourth-order valence-electron chi connectivity index (χ4n) is 2.64. The second-order valence-electron chi connectivity index (χ2n) is 5.68.